The summed E-state index contributed by atoms with van der Waals surface area (Å²) in [7, 11) is 0. The summed E-state index contributed by atoms with van der Waals surface area (Å²) in [5, 5.41) is 0. The summed E-state index contributed by atoms with van der Waals surface area (Å²) in [6.07, 6.45) is 9.90. The lowest BCUT2D eigenvalue weighted by Crippen LogP contribution is -1.94. The molecule has 0 radical (unpaired) electrons. The molecule has 0 spiro atoms. The minimum Gasteiger partial charge on any atom is -0.0882 e. The van der Waals surface area contributed by atoms with Crippen LogP contribution in [0.1, 0.15) is 24.8 Å². The van der Waals surface area contributed by atoms with Gasteiger partial charge in [-0.05, 0) is 37.2 Å². The van der Waals surface area contributed by atoms with Crippen LogP contribution < -0.4 is 0 Å². The van der Waals surface area contributed by atoms with Crippen LogP contribution in [-0.4, -0.2) is 0 Å². The van der Waals surface area contributed by atoms with Crippen molar-refractivity contribution in [3.05, 3.63) is 48.0 Å². The Labute approximate surface area is 80.3 Å². The van der Waals surface area contributed by atoms with E-state index < -0.39 is 0 Å². The molecule has 1 unspecified atom stereocenters. The van der Waals surface area contributed by atoms with E-state index in [1.165, 1.54) is 31.2 Å². The highest BCUT2D eigenvalue weighted by molar-refractivity contribution is 5.15. The molecule has 0 amide bonds. The largest absolute Gasteiger partial charge is 0.0882 e. The molecule has 1 aliphatic carbocycles. The summed E-state index contributed by atoms with van der Waals surface area (Å²) in [6, 6.07) is 10.8. The fraction of sp³-hybridized carbons (Fsp3) is 0.385. The lowest BCUT2D eigenvalue weighted by Gasteiger charge is -2.06. The maximum absolute atomic E-state index is 2.38. The van der Waals surface area contributed by atoms with E-state index in [1.54, 1.807) is 0 Å². The quantitative estimate of drug-likeness (QED) is 0.611. The molecule has 2 rings (SSSR count). The third-order valence-electron chi connectivity index (χ3n) is 2.76. The third-order valence-corrected chi connectivity index (χ3v) is 2.76. The average Bonchev–Trinajstić information content (AvgIpc) is 2.69. The molecule has 0 N–H and O–H groups in total. The number of rotatable bonds is 3. The van der Waals surface area contributed by atoms with Crippen LogP contribution in [-0.2, 0) is 6.42 Å². The highest BCUT2D eigenvalue weighted by Crippen LogP contribution is 2.21. The summed E-state index contributed by atoms with van der Waals surface area (Å²) in [5.41, 5.74) is 1.47. The highest BCUT2D eigenvalue weighted by atomic mass is 14.1. The molecule has 0 bridgehead atoms. The monoisotopic (exact) mass is 172 g/mol. The van der Waals surface area contributed by atoms with Crippen molar-refractivity contribution < 1.29 is 0 Å². The van der Waals surface area contributed by atoms with E-state index in [0.29, 0.717) is 0 Å². The number of allylic oxidation sites excluding steroid dienone is 2. The fourth-order valence-corrected chi connectivity index (χ4v) is 1.93. The van der Waals surface area contributed by atoms with Crippen molar-refractivity contribution in [3.8, 4) is 0 Å². The van der Waals surface area contributed by atoms with Crippen LogP contribution >= 0.6 is 0 Å². The van der Waals surface area contributed by atoms with E-state index in [2.05, 4.69) is 42.5 Å². The van der Waals surface area contributed by atoms with E-state index in [-0.39, 0.29) is 0 Å². The van der Waals surface area contributed by atoms with E-state index in [4.69, 9.17) is 0 Å². The Kier molecular flexibility index (Phi) is 2.81. The lowest BCUT2D eigenvalue weighted by molar-refractivity contribution is 0.578. The molecule has 68 valence electrons. The van der Waals surface area contributed by atoms with Gasteiger partial charge in [-0.25, -0.2) is 0 Å². The molecule has 1 aromatic rings. The standard InChI is InChI=1S/C13H16/c1-2-6-12(7-3-1)10-11-13-8-4-5-9-13/h1-4,6-8,13H,5,9-11H2. The molecule has 0 nitrogen and oxygen atoms in total. The molecular formula is C13H16. The van der Waals surface area contributed by atoms with E-state index in [1.807, 2.05) is 0 Å². The number of hydrogen-bond donors (Lipinski definition) is 0. The Bertz CT molecular complexity index is 271. The van der Waals surface area contributed by atoms with Gasteiger partial charge in [0.1, 0.15) is 0 Å². The average molecular weight is 172 g/mol. The Morgan fingerprint density at radius 1 is 1.15 bits per heavy atom. The predicted octanol–water partition coefficient (Wildman–Crippen LogP) is 3.59. The Balaban J connectivity index is 1.82. The first-order chi connectivity index (χ1) is 6.45. The molecule has 0 aromatic heterocycles. The van der Waals surface area contributed by atoms with Crippen molar-refractivity contribution in [2.75, 3.05) is 0 Å². The third kappa shape index (κ3) is 2.45. The topological polar surface area (TPSA) is 0 Å². The number of aryl methyl sites for hydroxylation is 1. The van der Waals surface area contributed by atoms with Gasteiger partial charge < -0.3 is 0 Å². The Hall–Kier alpha value is -1.04. The maximum Gasteiger partial charge on any atom is -0.0227 e. The van der Waals surface area contributed by atoms with Crippen molar-refractivity contribution in [1.29, 1.82) is 0 Å². The molecule has 0 saturated carbocycles. The molecule has 0 aliphatic heterocycles. The summed E-state index contributed by atoms with van der Waals surface area (Å²) in [5.74, 6) is 0.847. The first-order valence-electron chi connectivity index (χ1n) is 5.16. The van der Waals surface area contributed by atoms with E-state index in [9.17, 15) is 0 Å². The SMILES string of the molecule is C1=CC(CCc2ccccc2)CC1. The van der Waals surface area contributed by atoms with Gasteiger partial charge in [-0.1, -0.05) is 42.5 Å². The van der Waals surface area contributed by atoms with Gasteiger partial charge in [-0.2, -0.15) is 0 Å². The molecule has 1 aliphatic rings. The van der Waals surface area contributed by atoms with Crippen molar-refractivity contribution in [3.63, 3.8) is 0 Å². The number of hydrogen-bond acceptors (Lipinski definition) is 0. The zero-order chi connectivity index (χ0) is 8.93. The van der Waals surface area contributed by atoms with Crippen LogP contribution in [0.15, 0.2) is 42.5 Å². The molecule has 1 aromatic carbocycles. The zero-order valence-corrected chi connectivity index (χ0v) is 7.95. The molecule has 0 heterocycles. The summed E-state index contributed by atoms with van der Waals surface area (Å²) >= 11 is 0. The van der Waals surface area contributed by atoms with Gasteiger partial charge in [0.05, 0.1) is 0 Å². The van der Waals surface area contributed by atoms with Crippen LogP contribution in [0.3, 0.4) is 0 Å². The van der Waals surface area contributed by atoms with E-state index >= 15 is 0 Å². The van der Waals surface area contributed by atoms with Gasteiger partial charge in [0.25, 0.3) is 0 Å². The maximum atomic E-state index is 2.38. The minimum atomic E-state index is 0.847. The fourth-order valence-electron chi connectivity index (χ4n) is 1.93. The van der Waals surface area contributed by atoms with Crippen molar-refractivity contribution in [2.45, 2.75) is 25.7 Å². The van der Waals surface area contributed by atoms with E-state index in [0.717, 1.165) is 5.92 Å². The van der Waals surface area contributed by atoms with Gasteiger partial charge in [-0.3, -0.25) is 0 Å². The Morgan fingerprint density at radius 3 is 2.69 bits per heavy atom. The second-order valence-electron chi connectivity index (χ2n) is 3.79. The van der Waals surface area contributed by atoms with Crippen molar-refractivity contribution >= 4 is 0 Å². The first-order valence-corrected chi connectivity index (χ1v) is 5.16. The van der Waals surface area contributed by atoms with Crippen LogP contribution in [0.25, 0.3) is 0 Å². The minimum absolute atomic E-state index is 0.847. The summed E-state index contributed by atoms with van der Waals surface area (Å²) in [6.45, 7) is 0. The van der Waals surface area contributed by atoms with Gasteiger partial charge in [0.15, 0.2) is 0 Å². The number of benzene rings is 1. The molecule has 0 saturated heterocycles. The van der Waals surface area contributed by atoms with Crippen LogP contribution in [0.4, 0.5) is 0 Å². The Morgan fingerprint density at radius 2 is 2.00 bits per heavy atom. The van der Waals surface area contributed by atoms with Crippen molar-refractivity contribution in [1.82, 2.24) is 0 Å². The van der Waals surface area contributed by atoms with Crippen LogP contribution in [0.2, 0.25) is 0 Å². The molecule has 13 heavy (non-hydrogen) atoms. The van der Waals surface area contributed by atoms with Crippen LogP contribution in [0.5, 0.6) is 0 Å². The van der Waals surface area contributed by atoms with Gasteiger partial charge >= 0.3 is 0 Å². The summed E-state index contributed by atoms with van der Waals surface area (Å²) in [4.78, 5) is 0. The smallest absolute Gasteiger partial charge is 0.0227 e. The summed E-state index contributed by atoms with van der Waals surface area (Å²) < 4.78 is 0. The zero-order valence-electron chi connectivity index (χ0n) is 7.95. The molecule has 0 heteroatoms. The first kappa shape index (κ1) is 8.55. The van der Waals surface area contributed by atoms with Gasteiger partial charge in [-0.15, -0.1) is 0 Å². The second kappa shape index (κ2) is 4.27. The molecule has 0 fully saturated rings. The molecular weight excluding hydrogens is 156 g/mol. The normalized spacial score (nSPS) is 20.8. The van der Waals surface area contributed by atoms with Gasteiger partial charge in [0.2, 0.25) is 0 Å². The van der Waals surface area contributed by atoms with Gasteiger partial charge in [0, 0.05) is 0 Å². The van der Waals surface area contributed by atoms with Crippen LogP contribution in [0, 0.1) is 5.92 Å². The predicted molar refractivity (Wildman–Crippen MR) is 56.6 cm³/mol. The highest BCUT2D eigenvalue weighted by Gasteiger charge is 2.08. The lowest BCUT2D eigenvalue weighted by atomic mass is 9.99. The molecule has 1 atom stereocenters. The van der Waals surface area contributed by atoms with Crippen molar-refractivity contribution in [2.24, 2.45) is 5.92 Å². The second-order valence-corrected chi connectivity index (χ2v) is 3.79.